The molecule has 0 saturated carbocycles. The normalized spacial score (nSPS) is 11.2. The fraction of sp³-hybridized carbons (Fsp3) is 0.167. The summed E-state index contributed by atoms with van der Waals surface area (Å²) in [5, 5.41) is 9.12. The van der Waals surface area contributed by atoms with Gasteiger partial charge in [0.15, 0.2) is 0 Å². The molecule has 7 heteroatoms. The van der Waals surface area contributed by atoms with Crippen LogP contribution in [0.3, 0.4) is 0 Å². The minimum Gasteiger partial charge on any atom is -0.377 e. The third-order valence-corrected chi connectivity index (χ3v) is 3.01. The van der Waals surface area contributed by atoms with Gasteiger partial charge in [0.1, 0.15) is 0 Å². The number of rotatable bonds is 2. The monoisotopic (exact) mass is 278 g/mol. The number of hydrogen-bond acceptors (Lipinski definition) is 5. The van der Waals surface area contributed by atoms with Crippen LogP contribution in [0, 0.1) is 11.3 Å². The molecule has 6 nitrogen and oxygen atoms in total. The van der Waals surface area contributed by atoms with E-state index in [4.69, 9.17) is 5.26 Å². The van der Waals surface area contributed by atoms with Gasteiger partial charge in [-0.3, -0.25) is 4.79 Å². The molecule has 0 bridgehead atoms. The number of nitriles is 1. The SMILES string of the molecule is Cn1cc(OS(C)(=O)=O)c(=O)c2ccc(C#N)cc21. The number of hydrogen-bond donors (Lipinski definition) is 0. The smallest absolute Gasteiger partial charge is 0.306 e. The molecule has 0 aliphatic heterocycles. The van der Waals surface area contributed by atoms with Crippen molar-refractivity contribution >= 4 is 21.0 Å². The summed E-state index contributed by atoms with van der Waals surface area (Å²) in [5.74, 6) is -0.262. The highest BCUT2D eigenvalue weighted by Gasteiger charge is 2.13. The van der Waals surface area contributed by atoms with Gasteiger partial charge in [0.05, 0.1) is 29.6 Å². The molecule has 0 fully saturated rings. The first-order valence-electron chi connectivity index (χ1n) is 5.25. The van der Waals surface area contributed by atoms with Gasteiger partial charge in [0.2, 0.25) is 11.2 Å². The number of aromatic nitrogens is 1. The largest absolute Gasteiger partial charge is 0.377 e. The van der Waals surface area contributed by atoms with Crippen LogP contribution >= 0.6 is 0 Å². The Morgan fingerprint density at radius 3 is 2.63 bits per heavy atom. The summed E-state index contributed by atoms with van der Waals surface area (Å²) in [7, 11) is -2.13. The molecule has 1 heterocycles. The first-order chi connectivity index (χ1) is 8.81. The van der Waals surface area contributed by atoms with Crippen molar-refractivity contribution in [1.29, 1.82) is 5.26 Å². The highest BCUT2D eigenvalue weighted by atomic mass is 32.2. The fourth-order valence-electron chi connectivity index (χ4n) is 1.74. The number of fused-ring (bicyclic) bond motifs is 1. The summed E-state index contributed by atoms with van der Waals surface area (Å²) < 4.78 is 28.4. The quantitative estimate of drug-likeness (QED) is 0.756. The maximum absolute atomic E-state index is 12.1. The lowest BCUT2D eigenvalue weighted by atomic mass is 10.1. The van der Waals surface area contributed by atoms with E-state index in [9.17, 15) is 13.2 Å². The Bertz CT molecular complexity index is 860. The van der Waals surface area contributed by atoms with Gasteiger partial charge in [0.25, 0.3) is 0 Å². The van der Waals surface area contributed by atoms with E-state index in [2.05, 4.69) is 4.18 Å². The topological polar surface area (TPSA) is 89.2 Å². The lowest BCUT2D eigenvalue weighted by Gasteiger charge is -2.09. The van der Waals surface area contributed by atoms with Gasteiger partial charge in [-0.1, -0.05) is 0 Å². The van der Waals surface area contributed by atoms with E-state index in [-0.39, 0.29) is 5.75 Å². The van der Waals surface area contributed by atoms with E-state index < -0.39 is 15.5 Å². The molecule has 0 unspecified atom stereocenters. The third-order valence-electron chi connectivity index (χ3n) is 2.53. The molecule has 0 saturated heterocycles. The average molecular weight is 278 g/mol. The van der Waals surface area contributed by atoms with Gasteiger partial charge in [-0.25, -0.2) is 0 Å². The molecule has 0 aliphatic rings. The standard InChI is InChI=1S/C12H10N2O4S/c1-14-7-11(18-19(2,16)17)12(15)9-4-3-8(6-13)5-10(9)14/h3-5,7H,1-2H3. The number of nitrogens with zero attached hydrogens (tertiary/aromatic N) is 2. The molecule has 1 aromatic heterocycles. The Hall–Kier alpha value is -2.33. The van der Waals surface area contributed by atoms with Crippen LogP contribution in [0.2, 0.25) is 0 Å². The van der Waals surface area contributed by atoms with Crippen molar-refractivity contribution in [3.8, 4) is 11.8 Å². The summed E-state index contributed by atoms with van der Waals surface area (Å²) in [6.07, 6.45) is 2.16. The molecule has 0 aliphatic carbocycles. The van der Waals surface area contributed by atoms with Crippen LogP contribution < -0.4 is 9.61 Å². The lowest BCUT2D eigenvalue weighted by Crippen LogP contribution is -2.16. The highest BCUT2D eigenvalue weighted by molar-refractivity contribution is 7.86. The Morgan fingerprint density at radius 1 is 1.37 bits per heavy atom. The number of aryl methyl sites for hydroxylation is 1. The van der Waals surface area contributed by atoms with Crippen LogP contribution in [-0.2, 0) is 17.2 Å². The van der Waals surface area contributed by atoms with Gasteiger partial charge in [-0.05, 0) is 18.2 Å². The van der Waals surface area contributed by atoms with Crippen molar-refractivity contribution in [3.63, 3.8) is 0 Å². The minimum atomic E-state index is -3.76. The van der Waals surface area contributed by atoms with Crippen molar-refractivity contribution in [1.82, 2.24) is 4.57 Å². The van der Waals surface area contributed by atoms with Crippen molar-refractivity contribution in [2.75, 3.05) is 6.26 Å². The van der Waals surface area contributed by atoms with Crippen molar-refractivity contribution in [2.24, 2.45) is 7.05 Å². The first-order valence-corrected chi connectivity index (χ1v) is 7.06. The minimum absolute atomic E-state index is 0.262. The maximum Gasteiger partial charge on any atom is 0.306 e. The van der Waals surface area contributed by atoms with Crippen LogP contribution in [0.4, 0.5) is 0 Å². The summed E-state index contributed by atoms with van der Waals surface area (Å²) >= 11 is 0. The zero-order valence-corrected chi connectivity index (χ0v) is 11.1. The second-order valence-corrected chi connectivity index (χ2v) is 5.64. The second kappa shape index (κ2) is 4.40. The highest BCUT2D eigenvalue weighted by Crippen LogP contribution is 2.16. The number of benzene rings is 1. The molecule has 98 valence electrons. The zero-order chi connectivity index (χ0) is 14.2. The summed E-state index contributed by atoms with van der Waals surface area (Å²) in [6, 6.07) is 6.50. The fourth-order valence-corrected chi connectivity index (χ4v) is 2.19. The van der Waals surface area contributed by atoms with Crippen molar-refractivity contribution in [3.05, 3.63) is 40.2 Å². The van der Waals surface area contributed by atoms with Gasteiger partial charge >= 0.3 is 10.1 Å². The molecule has 0 amide bonds. The molecule has 2 aromatic rings. The first kappa shape index (κ1) is 13.1. The predicted molar refractivity (Wildman–Crippen MR) is 69.4 cm³/mol. The zero-order valence-electron chi connectivity index (χ0n) is 10.2. The van der Waals surface area contributed by atoms with E-state index in [1.54, 1.807) is 13.1 Å². The lowest BCUT2D eigenvalue weighted by molar-refractivity contribution is 0.488. The Labute approximate surface area is 109 Å². The van der Waals surface area contributed by atoms with Crippen molar-refractivity contribution in [2.45, 2.75) is 0 Å². The van der Waals surface area contributed by atoms with Crippen LogP contribution in [-0.4, -0.2) is 19.2 Å². The third kappa shape index (κ3) is 2.58. The average Bonchev–Trinajstić information content (AvgIpc) is 2.33. The molecule has 1 aromatic carbocycles. The Balaban J connectivity index is 2.77. The molecule has 2 rings (SSSR count). The predicted octanol–water partition coefficient (Wildman–Crippen LogP) is 0.749. The Morgan fingerprint density at radius 2 is 2.05 bits per heavy atom. The van der Waals surface area contributed by atoms with Crippen LogP contribution in [0.25, 0.3) is 10.9 Å². The van der Waals surface area contributed by atoms with E-state index in [1.165, 1.54) is 22.9 Å². The maximum atomic E-state index is 12.1. The van der Waals surface area contributed by atoms with Crippen LogP contribution in [0.5, 0.6) is 5.75 Å². The van der Waals surface area contributed by atoms with E-state index in [0.717, 1.165) is 6.26 Å². The van der Waals surface area contributed by atoms with Crippen LogP contribution in [0.1, 0.15) is 5.56 Å². The van der Waals surface area contributed by atoms with Crippen LogP contribution in [0.15, 0.2) is 29.2 Å². The number of pyridine rings is 1. The Kier molecular flexibility index (Phi) is 3.04. The van der Waals surface area contributed by atoms with Gasteiger partial charge in [-0.2, -0.15) is 13.7 Å². The second-order valence-electron chi connectivity index (χ2n) is 4.06. The van der Waals surface area contributed by atoms with Crippen molar-refractivity contribution < 1.29 is 12.6 Å². The molecule has 19 heavy (non-hydrogen) atoms. The molecule has 0 N–H and O–H groups in total. The molecule has 0 radical (unpaired) electrons. The molecular weight excluding hydrogens is 268 g/mol. The molecular formula is C12H10N2O4S. The summed E-state index contributed by atoms with van der Waals surface area (Å²) in [4.78, 5) is 12.1. The van der Waals surface area contributed by atoms with Gasteiger partial charge in [0, 0.05) is 12.4 Å². The van der Waals surface area contributed by atoms with E-state index >= 15 is 0 Å². The van der Waals surface area contributed by atoms with E-state index in [0.29, 0.717) is 16.5 Å². The van der Waals surface area contributed by atoms with Gasteiger partial charge in [-0.15, -0.1) is 0 Å². The molecule has 0 atom stereocenters. The summed E-state index contributed by atoms with van der Waals surface area (Å²) in [5.41, 5.74) is 0.423. The molecule has 0 spiro atoms. The van der Waals surface area contributed by atoms with E-state index in [1.807, 2.05) is 6.07 Å². The summed E-state index contributed by atoms with van der Waals surface area (Å²) in [6.45, 7) is 0. The van der Waals surface area contributed by atoms with Gasteiger partial charge < -0.3 is 8.75 Å².